The first-order valence-electron chi connectivity index (χ1n) is 4.34. The van der Waals surface area contributed by atoms with Gasteiger partial charge in [-0.1, -0.05) is 18.2 Å². The summed E-state index contributed by atoms with van der Waals surface area (Å²) in [5, 5.41) is 3.09. The van der Waals surface area contributed by atoms with E-state index in [0.29, 0.717) is 6.54 Å². The lowest BCUT2D eigenvalue weighted by atomic mass is 10.1. The predicted molar refractivity (Wildman–Crippen MR) is 58.8 cm³/mol. The van der Waals surface area contributed by atoms with Crippen LogP contribution in [0.25, 0.3) is 0 Å². The minimum absolute atomic E-state index is 0. The summed E-state index contributed by atoms with van der Waals surface area (Å²) < 4.78 is 0. The van der Waals surface area contributed by atoms with Crippen molar-refractivity contribution in [3.05, 3.63) is 29.8 Å². The van der Waals surface area contributed by atoms with Gasteiger partial charge in [-0.2, -0.15) is 0 Å². The lowest BCUT2D eigenvalue weighted by Gasteiger charge is -2.16. The highest BCUT2D eigenvalue weighted by Gasteiger charge is 2.16. The maximum absolute atomic E-state index is 11.4. The van der Waals surface area contributed by atoms with Crippen LogP contribution in [0, 0.1) is 0 Å². The SMILES string of the molecule is CN1C(=O)CNCc2ccccc21.Cl. The summed E-state index contributed by atoms with van der Waals surface area (Å²) in [6.45, 7) is 1.19. The number of amides is 1. The van der Waals surface area contributed by atoms with E-state index in [1.807, 2.05) is 31.3 Å². The van der Waals surface area contributed by atoms with Crippen molar-refractivity contribution < 1.29 is 4.79 Å². The Hall–Kier alpha value is -1.06. The fourth-order valence-electron chi connectivity index (χ4n) is 1.54. The van der Waals surface area contributed by atoms with Crippen LogP contribution in [0.15, 0.2) is 24.3 Å². The summed E-state index contributed by atoms with van der Waals surface area (Å²) in [6.07, 6.45) is 0. The Morgan fingerprint density at radius 2 is 2.00 bits per heavy atom. The number of anilines is 1. The summed E-state index contributed by atoms with van der Waals surface area (Å²) in [5.41, 5.74) is 2.19. The molecule has 1 aromatic carbocycles. The van der Waals surface area contributed by atoms with Crippen molar-refractivity contribution in [2.75, 3.05) is 18.5 Å². The van der Waals surface area contributed by atoms with Crippen molar-refractivity contribution in [2.24, 2.45) is 0 Å². The Morgan fingerprint density at radius 3 is 2.79 bits per heavy atom. The summed E-state index contributed by atoms with van der Waals surface area (Å²) in [7, 11) is 1.81. The molecule has 1 aliphatic rings. The summed E-state index contributed by atoms with van der Waals surface area (Å²) in [4.78, 5) is 13.1. The number of carbonyl (C=O) groups is 1. The smallest absolute Gasteiger partial charge is 0.240 e. The van der Waals surface area contributed by atoms with Gasteiger partial charge in [0, 0.05) is 19.3 Å². The van der Waals surface area contributed by atoms with Gasteiger partial charge in [-0.3, -0.25) is 4.79 Å². The number of benzene rings is 1. The number of halogens is 1. The Balaban J connectivity index is 0.000000980. The van der Waals surface area contributed by atoms with Gasteiger partial charge < -0.3 is 10.2 Å². The van der Waals surface area contributed by atoms with E-state index in [2.05, 4.69) is 5.32 Å². The highest BCUT2D eigenvalue weighted by molar-refractivity contribution is 5.95. The van der Waals surface area contributed by atoms with Gasteiger partial charge in [-0.05, 0) is 11.6 Å². The van der Waals surface area contributed by atoms with Gasteiger partial charge in [0.2, 0.25) is 5.91 Å². The highest BCUT2D eigenvalue weighted by Crippen LogP contribution is 2.20. The fraction of sp³-hybridized carbons (Fsp3) is 0.300. The van der Waals surface area contributed by atoms with Crippen LogP contribution in [0.5, 0.6) is 0 Å². The largest absolute Gasteiger partial charge is 0.314 e. The molecule has 1 aliphatic heterocycles. The molecule has 1 aromatic rings. The molecule has 0 spiro atoms. The van der Waals surface area contributed by atoms with Gasteiger partial charge in [0.05, 0.1) is 6.54 Å². The predicted octanol–water partition coefficient (Wildman–Crippen LogP) is 1.17. The van der Waals surface area contributed by atoms with Crippen molar-refractivity contribution in [3.63, 3.8) is 0 Å². The maximum atomic E-state index is 11.4. The molecule has 1 amide bonds. The minimum Gasteiger partial charge on any atom is -0.314 e. The van der Waals surface area contributed by atoms with Crippen LogP contribution in [-0.4, -0.2) is 19.5 Å². The van der Waals surface area contributed by atoms with Crippen LogP contribution in [0.2, 0.25) is 0 Å². The van der Waals surface area contributed by atoms with E-state index in [4.69, 9.17) is 0 Å². The highest BCUT2D eigenvalue weighted by atomic mass is 35.5. The zero-order chi connectivity index (χ0) is 9.26. The Morgan fingerprint density at radius 1 is 1.29 bits per heavy atom. The van der Waals surface area contributed by atoms with Gasteiger partial charge in [0.15, 0.2) is 0 Å². The zero-order valence-corrected chi connectivity index (χ0v) is 8.80. The number of nitrogens with one attached hydrogen (secondary N) is 1. The van der Waals surface area contributed by atoms with Crippen molar-refractivity contribution >= 4 is 24.0 Å². The molecule has 0 atom stereocenters. The standard InChI is InChI=1S/C10H12N2O.ClH/c1-12-9-5-3-2-4-8(9)6-11-7-10(12)13;/h2-5,11H,6-7H2,1H3;1H. The average molecular weight is 213 g/mol. The molecular weight excluding hydrogens is 200 g/mol. The monoisotopic (exact) mass is 212 g/mol. The van der Waals surface area contributed by atoms with Gasteiger partial charge >= 0.3 is 0 Å². The molecule has 0 radical (unpaired) electrons. The molecule has 1 heterocycles. The van der Waals surface area contributed by atoms with Gasteiger partial charge in [-0.25, -0.2) is 0 Å². The Bertz CT molecular complexity index is 341. The minimum atomic E-state index is 0. The van der Waals surface area contributed by atoms with E-state index in [9.17, 15) is 4.79 Å². The number of fused-ring (bicyclic) bond motifs is 1. The number of hydrogen-bond donors (Lipinski definition) is 1. The third-order valence-corrected chi connectivity index (χ3v) is 2.32. The van der Waals surface area contributed by atoms with Gasteiger partial charge in [0.25, 0.3) is 0 Å². The fourth-order valence-corrected chi connectivity index (χ4v) is 1.54. The van der Waals surface area contributed by atoms with Crippen LogP contribution in [-0.2, 0) is 11.3 Å². The molecule has 4 heteroatoms. The molecule has 0 aromatic heterocycles. The number of likely N-dealkylation sites (N-methyl/N-ethyl adjacent to an activating group) is 1. The quantitative estimate of drug-likeness (QED) is 0.701. The van der Waals surface area contributed by atoms with Crippen molar-refractivity contribution in [2.45, 2.75) is 6.54 Å². The number of hydrogen-bond acceptors (Lipinski definition) is 2. The molecule has 2 rings (SSSR count). The lowest BCUT2D eigenvalue weighted by molar-refractivity contribution is -0.117. The Labute approximate surface area is 89.5 Å². The zero-order valence-electron chi connectivity index (χ0n) is 7.99. The molecule has 76 valence electrons. The lowest BCUT2D eigenvalue weighted by Crippen LogP contribution is -2.31. The van der Waals surface area contributed by atoms with Crippen LogP contribution < -0.4 is 10.2 Å². The van der Waals surface area contributed by atoms with E-state index in [1.165, 1.54) is 5.56 Å². The van der Waals surface area contributed by atoms with E-state index in [1.54, 1.807) is 4.90 Å². The molecule has 0 fully saturated rings. The summed E-state index contributed by atoms with van der Waals surface area (Å²) in [6, 6.07) is 7.95. The van der Waals surface area contributed by atoms with E-state index in [-0.39, 0.29) is 18.3 Å². The Kier molecular flexibility index (Phi) is 3.49. The summed E-state index contributed by atoms with van der Waals surface area (Å²) >= 11 is 0. The molecule has 1 N–H and O–H groups in total. The number of rotatable bonds is 0. The van der Waals surface area contributed by atoms with Crippen molar-refractivity contribution in [1.82, 2.24) is 5.32 Å². The third-order valence-electron chi connectivity index (χ3n) is 2.32. The van der Waals surface area contributed by atoms with Crippen molar-refractivity contribution in [1.29, 1.82) is 0 Å². The average Bonchev–Trinajstić information content (AvgIpc) is 2.29. The molecule has 14 heavy (non-hydrogen) atoms. The summed E-state index contributed by atoms with van der Waals surface area (Å²) in [5.74, 6) is 0.116. The van der Waals surface area contributed by atoms with E-state index >= 15 is 0 Å². The van der Waals surface area contributed by atoms with Crippen LogP contribution in [0.4, 0.5) is 5.69 Å². The van der Waals surface area contributed by atoms with Gasteiger partial charge in [0.1, 0.15) is 0 Å². The third kappa shape index (κ3) is 1.89. The molecule has 0 saturated carbocycles. The maximum Gasteiger partial charge on any atom is 0.240 e. The number of nitrogens with zero attached hydrogens (tertiary/aromatic N) is 1. The van der Waals surface area contributed by atoms with E-state index < -0.39 is 0 Å². The second-order valence-electron chi connectivity index (χ2n) is 3.19. The molecule has 0 unspecified atom stereocenters. The molecule has 3 nitrogen and oxygen atoms in total. The first kappa shape index (κ1) is 11.0. The molecule has 0 aliphatic carbocycles. The molecule has 0 bridgehead atoms. The second-order valence-corrected chi connectivity index (χ2v) is 3.19. The second kappa shape index (κ2) is 4.44. The molecular formula is C10H13ClN2O. The number of para-hydroxylation sites is 1. The number of carbonyl (C=O) groups excluding carboxylic acids is 1. The molecule has 0 saturated heterocycles. The van der Waals surface area contributed by atoms with E-state index in [0.717, 1.165) is 12.2 Å². The van der Waals surface area contributed by atoms with Crippen molar-refractivity contribution in [3.8, 4) is 0 Å². The first-order chi connectivity index (χ1) is 6.29. The normalized spacial score (nSPS) is 15.5. The van der Waals surface area contributed by atoms with Crippen LogP contribution in [0.1, 0.15) is 5.56 Å². The van der Waals surface area contributed by atoms with Crippen LogP contribution in [0.3, 0.4) is 0 Å². The topological polar surface area (TPSA) is 32.3 Å². The first-order valence-corrected chi connectivity index (χ1v) is 4.34. The van der Waals surface area contributed by atoms with Crippen LogP contribution >= 0.6 is 12.4 Å². The van der Waals surface area contributed by atoms with Gasteiger partial charge in [-0.15, -0.1) is 12.4 Å².